The Morgan fingerprint density at radius 1 is 1.86 bits per heavy atom. The van der Waals surface area contributed by atoms with E-state index in [2.05, 4.69) is 17.2 Å². The summed E-state index contributed by atoms with van der Waals surface area (Å²) >= 11 is 0. The molecular weight excluding hydrogens is 88.1 g/mol. The van der Waals surface area contributed by atoms with Crippen LogP contribution in [-0.2, 0) is 0 Å². The van der Waals surface area contributed by atoms with Crippen LogP contribution in [0.3, 0.4) is 0 Å². The molecule has 2 heteroatoms. The predicted octanol–water partition coefficient (Wildman–Crippen LogP) is 0.890. The summed E-state index contributed by atoms with van der Waals surface area (Å²) in [5, 5.41) is 3.05. The molecule has 0 radical (unpaired) electrons. The van der Waals surface area contributed by atoms with Gasteiger partial charge in [-0.1, -0.05) is 0 Å². The molecule has 0 rings (SSSR count). The number of amidine groups is 1. The Balaban J connectivity index is 0. The molecule has 0 aromatic carbocycles. The van der Waals surface area contributed by atoms with Crippen molar-refractivity contribution in [2.75, 3.05) is 13.6 Å². The normalized spacial score (nSPS) is 11.6. The maximum Gasteiger partial charge on any atom is 0.0928 e. The lowest BCUT2D eigenvalue weighted by Crippen LogP contribution is -2.18. The summed E-state index contributed by atoms with van der Waals surface area (Å²) in [4.78, 5) is 3.88. The number of aliphatic imine (C=N–C) groups is 1. The summed E-state index contributed by atoms with van der Waals surface area (Å²) in [6, 6.07) is 0. The fourth-order valence-corrected chi connectivity index (χ4v) is 0.335. The second-order valence-electron chi connectivity index (χ2n) is 1.34. The molecule has 0 unspecified atom stereocenters. The van der Waals surface area contributed by atoms with Crippen LogP contribution in [0.2, 0.25) is 0 Å². The fourth-order valence-electron chi connectivity index (χ4n) is 0.335. The van der Waals surface area contributed by atoms with Gasteiger partial charge in [-0.25, -0.2) is 0 Å². The van der Waals surface area contributed by atoms with Crippen molar-refractivity contribution >= 4 is 5.84 Å². The second-order valence-corrected chi connectivity index (χ2v) is 1.34. The average Bonchev–Trinajstić information content (AvgIpc) is 1.68. The van der Waals surface area contributed by atoms with Crippen molar-refractivity contribution in [3.8, 4) is 0 Å². The second kappa shape index (κ2) is 3.65. The van der Waals surface area contributed by atoms with Gasteiger partial charge in [0.25, 0.3) is 0 Å². The minimum atomic E-state index is 0. The molecule has 0 spiro atoms. The Kier molecular flexibility index (Phi) is 3.38. The highest BCUT2D eigenvalue weighted by atomic mass is 15.0. The molecule has 0 saturated heterocycles. The smallest absolute Gasteiger partial charge is 0.0928 e. The molecule has 0 saturated carbocycles. The molecule has 0 amide bonds. The van der Waals surface area contributed by atoms with E-state index >= 15 is 0 Å². The van der Waals surface area contributed by atoms with Crippen LogP contribution in [0.4, 0.5) is 0 Å². The van der Waals surface area contributed by atoms with Crippen molar-refractivity contribution in [1.29, 1.82) is 0 Å². The standard InChI is InChI=1S/C5H12N2.H2/c1-4-7-5(2)6-3;/h4H2,1-3H3,(H,6,7);1H. The Labute approximate surface area is 46.1 Å². The molecule has 0 heterocycles. The summed E-state index contributed by atoms with van der Waals surface area (Å²) in [7, 11) is 1.78. The van der Waals surface area contributed by atoms with Crippen LogP contribution in [0, 0.1) is 0 Å². The number of hydrogen-bond acceptors (Lipinski definition) is 1. The van der Waals surface area contributed by atoms with Crippen LogP contribution in [0.25, 0.3) is 0 Å². The molecule has 0 aliphatic rings. The molecule has 44 valence electrons. The Morgan fingerprint density at radius 2 is 2.43 bits per heavy atom. The third kappa shape index (κ3) is 3.30. The summed E-state index contributed by atoms with van der Waals surface area (Å²) in [5.74, 6) is 1.00. The van der Waals surface area contributed by atoms with Gasteiger partial charge in [0.2, 0.25) is 0 Å². The SMILES string of the molecule is CCNC(C)=NC.[HH]. The van der Waals surface area contributed by atoms with E-state index in [0.29, 0.717) is 0 Å². The lowest BCUT2D eigenvalue weighted by molar-refractivity contribution is 0.956. The van der Waals surface area contributed by atoms with Crippen molar-refractivity contribution in [3.05, 3.63) is 0 Å². The first-order valence-corrected chi connectivity index (χ1v) is 2.48. The highest BCUT2D eigenvalue weighted by molar-refractivity contribution is 5.79. The van der Waals surface area contributed by atoms with E-state index in [-0.39, 0.29) is 1.43 Å². The van der Waals surface area contributed by atoms with E-state index in [0.717, 1.165) is 12.4 Å². The van der Waals surface area contributed by atoms with Gasteiger partial charge in [0.15, 0.2) is 0 Å². The lowest BCUT2D eigenvalue weighted by atomic mass is 10.6. The van der Waals surface area contributed by atoms with E-state index in [9.17, 15) is 0 Å². The first-order chi connectivity index (χ1) is 3.31. The van der Waals surface area contributed by atoms with Gasteiger partial charge >= 0.3 is 0 Å². The summed E-state index contributed by atoms with van der Waals surface area (Å²) in [5.41, 5.74) is 0. The van der Waals surface area contributed by atoms with Crippen molar-refractivity contribution in [3.63, 3.8) is 0 Å². The van der Waals surface area contributed by atoms with Gasteiger partial charge in [-0.15, -0.1) is 0 Å². The van der Waals surface area contributed by atoms with Crippen LogP contribution in [0.15, 0.2) is 4.99 Å². The Morgan fingerprint density at radius 3 is 2.57 bits per heavy atom. The first kappa shape index (κ1) is 6.47. The molecule has 0 bridgehead atoms. The van der Waals surface area contributed by atoms with Crippen molar-refractivity contribution in [2.45, 2.75) is 13.8 Å². The summed E-state index contributed by atoms with van der Waals surface area (Å²) < 4.78 is 0. The molecule has 2 nitrogen and oxygen atoms in total. The van der Waals surface area contributed by atoms with Gasteiger partial charge in [0, 0.05) is 15.0 Å². The molecular formula is C5H14N2. The number of hydrogen-bond donors (Lipinski definition) is 1. The van der Waals surface area contributed by atoms with Crippen LogP contribution in [0.5, 0.6) is 0 Å². The zero-order valence-electron chi connectivity index (χ0n) is 5.15. The zero-order valence-corrected chi connectivity index (χ0v) is 5.15. The minimum absolute atomic E-state index is 0. The van der Waals surface area contributed by atoms with Gasteiger partial charge in [-0.3, -0.25) is 4.99 Å². The van der Waals surface area contributed by atoms with Crippen LogP contribution in [0.1, 0.15) is 15.3 Å². The molecule has 0 atom stereocenters. The third-order valence-electron chi connectivity index (χ3n) is 0.768. The molecule has 7 heavy (non-hydrogen) atoms. The molecule has 0 aromatic heterocycles. The van der Waals surface area contributed by atoms with Gasteiger partial charge < -0.3 is 5.32 Å². The quantitative estimate of drug-likeness (QED) is 0.386. The molecule has 0 fully saturated rings. The highest BCUT2D eigenvalue weighted by Gasteiger charge is 1.77. The molecule has 0 aliphatic heterocycles. The molecule has 0 aromatic rings. The minimum Gasteiger partial charge on any atom is -0.374 e. The highest BCUT2D eigenvalue weighted by Crippen LogP contribution is 1.63. The van der Waals surface area contributed by atoms with E-state index in [1.807, 2.05) is 6.92 Å². The van der Waals surface area contributed by atoms with Gasteiger partial charge in [0.05, 0.1) is 5.84 Å². The first-order valence-electron chi connectivity index (χ1n) is 2.48. The fraction of sp³-hybridized carbons (Fsp3) is 0.800. The van der Waals surface area contributed by atoms with E-state index in [1.165, 1.54) is 0 Å². The zero-order chi connectivity index (χ0) is 5.70. The largest absolute Gasteiger partial charge is 0.374 e. The average molecular weight is 102 g/mol. The van der Waals surface area contributed by atoms with Crippen molar-refractivity contribution in [2.24, 2.45) is 4.99 Å². The lowest BCUT2D eigenvalue weighted by Gasteiger charge is -1.96. The number of nitrogens with zero attached hydrogens (tertiary/aromatic N) is 1. The third-order valence-corrected chi connectivity index (χ3v) is 0.768. The van der Waals surface area contributed by atoms with E-state index < -0.39 is 0 Å². The van der Waals surface area contributed by atoms with Gasteiger partial charge in [0.1, 0.15) is 0 Å². The van der Waals surface area contributed by atoms with Crippen molar-refractivity contribution in [1.82, 2.24) is 5.32 Å². The summed E-state index contributed by atoms with van der Waals surface area (Å²) in [6.07, 6.45) is 0. The molecule has 0 aliphatic carbocycles. The van der Waals surface area contributed by atoms with E-state index in [4.69, 9.17) is 0 Å². The number of nitrogens with one attached hydrogen (secondary N) is 1. The van der Waals surface area contributed by atoms with Gasteiger partial charge in [-0.2, -0.15) is 0 Å². The Hall–Kier alpha value is -0.530. The van der Waals surface area contributed by atoms with E-state index in [1.54, 1.807) is 7.05 Å². The number of rotatable bonds is 1. The van der Waals surface area contributed by atoms with Crippen LogP contribution in [-0.4, -0.2) is 19.4 Å². The Bertz CT molecular complexity index is 70.8. The van der Waals surface area contributed by atoms with Crippen LogP contribution >= 0.6 is 0 Å². The van der Waals surface area contributed by atoms with Crippen molar-refractivity contribution < 1.29 is 1.43 Å². The monoisotopic (exact) mass is 102 g/mol. The molecule has 1 N–H and O–H groups in total. The van der Waals surface area contributed by atoms with Crippen LogP contribution < -0.4 is 5.32 Å². The summed E-state index contributed by atoms with van der Waals surface area (Å²) in [6.45, 7) is 4.96. The van der Waals surface area contributed by atoms with Gasteiger partial charge in [-0.05, 0) is 13.8 Å². The maximum absolute atomic E-state index is 3.88. The maximum atomic E-state index is 3.88. The predicted molar refractivity (Wildman–Crippen MR) is 34.8 cm³/mol. The topological polar surface area (TPSA) is 24.4 Å².